The predicted molar refractivity (Wildman–Crippen MR) is 89.8 cm³/mol. The smallest absolute Gasteiger partial charge is 0.399 e. The molecule has 0 amide bonds. The average Bonchev–Trinajstić information content (AvgIpc) is 2.68. The van der Waals surface area contributed by atoms with Crippen molar-refractivity contribution in [2.45, 2.75) is 51.9 Å². The largest absolute Gasteiger partial charge is 0.494 e. The highest BCUT2D eigenvalue weighted by molar-refractivity contribution is 6.62. The summed E-state index contributed by atoms with van der Waals surface area (Å²) in [5.41, 5.74) is 1.71. The lowest BCUT2D eigenvalue weighted by molar-refractivity contribution is 0.00578. The number of rotatable bonds is 2. The van der Waals surface area contributed by atoms with Gasteiger partial charge in [0.05, 0.1) is 23.9 Å². The zero-order chi connectivity index (χ0) is 16.0. The van der Waals surface area contributed by atoms with Crippen molar-refractivity contribution in [1.82, 2.24) is 0 Å². The molecule has 2 heterocycles. The first kappa shape index (κ1) is 15.8. The highest BCUT2D eigenvalue weighted by atomic mass is 16.7. The second-order valence-electron chi connectivity index (χ2n) is 7.31. The summed E-state index contributed by atoms with van der Waals surface area (Å²) in [5.74, 6) is 0. The molecule has 120 valence electrons. The van der Waals surface area contributed by atoms with Crippen LogP contribution in [0.1, 0.15) is 34.6 Å². The summed E-state index contributed by atoms with van der Waals surface area (Å²) >= 11 is 0. The van der Waals surface area contributed by atoms with Crippen molar-refractivity contribution in [2.75, 3.05) is 24.6 Å². The second kappa shape index (κ2) is 5.55. The van der Waals surface area contributed by atoms with Crippen molar-refractivity contribution in [3.63, 3.8) is 0 Å². The van der Waals surface area contributed by atoms with Gasteiger partial charge in [-0.15, -0.1) is 0 Å². The molecule has 0 radical (unpaired) electrons. The van der Waals surface area contributed by atoms with E-state index in [1.54, 1.807) is 0 Å². The molecule has 22 heavy (non-hydrogen) atoms. The first-order valence-electron chi connectivity index (χ1n) is 8.11. The summed E-state index contributed by atoms with van der Waals surface area (Å²) in [4.78, 5) is 2.36. The van der Waals surface area contributed by atoms with Crippen LogP contribution >= 0.6 is 0 Å². The van der Waals surface area contributed by atoms with Crippen molar-refractivity contribution in [3.8, 4) is 0 Å². The van der Waals surface area contributed by atoms with Gasteiger partial charge in [-0.1, -0.05) is 12.1 Å². The Kier molecular flexibility index (Phi) is 4.00. The van der Waals surface area contributed by atoms with Crippen molar-refractivity contribution in [1.29, 1.82) is 0 Å². The number of ether oxygens (including phenoxy) is 1. The second-order valence-corrected chi connectivity index (χ2v) is 7.31. The molecule has 0 aliphatic carbocycles. The van der Waals surface area contributed by atoms with Crippen LogP contribution in [0.15, 0.2) is 24.3 Å². The van der Waals surface area contributed by atoms with Crippen LogP contribution in [0.4, 0.5) is 5.69 Å². The van der Waals surface area contributed by atoms with Gasteiger partial charge in [-0.05, 0) is 52.2 Å². The lowest BCUT2D eigenvalue weighted by Gasteiger charge is -2.33. The number of hydrogen-bond donors (Lipinski definition) is 0. The third kappa shape index (κ3) is 2.90. The Balaban J connectivity index is 1.72. The maximum Gasteiger partial charge on any atom is 0.494 e. The van der Waals surface area contributed by atoms with Crippen LogP contribution in [0, 0.1) is 0 Å². The van der Waals surface area contributed by atoms with Gasteiger partial charge in [0.2, 0.25) is 0 Å². The molecule has 1 aromatic rings. The van der Waals surface area contributed by atoms with Crippen molar-refractivity contribution in [3.05, 3.63) is 24.3 Å². The van der Waals surface area contributed by atoms with Crippen LogP contribution in [0.25, 0.3) is 0 Å². The van der Waals surface area contributed by atoms with Crippen LogP contribution in [0.2, 0.25) is 0 Å². The molecule has 0 spiro atoms. The average molecular weight is 303 g/mol. The molecule has 2 aliphatic rings. The van der Waals surface area contributed by atoms with Crippen molar-refractivity contribution >= 4 is 18.3 Å². The van der Waals surface area contributed by atoms with Crippen LogP contribution < -0.4 is 10.4 Å². The normalized spacial score (nSPS) is 27.2. The summed E-state index contributed by atoms with van der Waals surface area (Å²) < 4.78 is 17.8. The Morgan fingerprint density at radius 3 is 2.18 bits per heavy atom. The molecular formula is C17H26BNO3. The van der Waals surface area contributed by atoms with Crippen LogP contribution in [0.5, 0.6) is 0 Å². The standard InChI is InChI=1S/C17H26BNO3/c1-13-12-19(10-11-20-13)15-8-6-14(7-9-15)18-21-16(2,3)17(4,5)22-18/h6-9,13H,10-12H2,1-5H3/t13-/m0/s1. The van der Waals surface area contributed by atoms with Gasteiger partial charge in [-0.3, -0.25) is 0 Å². The molecule has 0 saturated carbocycles. The summed E-state index contributed by atoms with van der Waals surface area (Å²) in [6, 6.07) is 8.52. The zero-order valence-electron chi connectivity index (χ0n) is 14.3. The fourth-order valence-electron chi connectivity index (χ4n) is 2.87. The van der Waals surface area contributed by atoms with Gasteiger partial charge >= 0.3 is 7.12 Å². The molecule has 0 N–H and O–H groups in total. The molecule has 1 aromatic carbocycles. The third-order valence-corrected chi connectivity index (χ3v) is 5.02. The maximum absolute atomic E-state index is 6.10. The summed E-state index contributed by atoms with van der Waals surface area (Å²) in [6.07, 6.45) is 0.288. The molecule has 0 unspecified atom stereocenters. The third-order valence-electron chi connectivity index (χ3n) is 5.02. The molecule has 4 nitrogen and oxygen atoms in total. The van der Waals surface area contributed by atoms with E-state index >= 15 is 0 Å². The molecule has 2 fully saturated rings. The van der Waals surface area contributed by atoms with E-state index in [1.807, 2.05) is 0 Å². The number of benzene rings is 1. The lowest BCUT2D eigenvalue weighted by Crippen LogP contribution is -2.41. The quantitative estimate of drug-likeness (QED) is 0.784. The zero-order valence-corrected chi connectivity index (χ0v) is 14.3. The minimum atomic E-state index is -0.296. The van der Waals surface area contributed by atoms with E-state index in [-0.39, 0.29) is 24.4 Å². The molecule has 1 atom stereocenters. The minimum absolute atomic E-state index is 0.288. The van der Waals surface area contributed by atoms with Crippen LogP contribution in [-0.2, 0) is 14.0 Å². The van der Waals surface area contributed by atoms with E-state index in [1.165, 1.54) is 5.69 Å². The van der Waals surface area contributed by atoms with Gasteiger partial charge < -0.3 is 18.9 Å². The lowest BCUT2D eigenvalue weighted by atomic mass is 9.79. The van der Waals surface area contributed by atoms with Gasteiger partial charge in [-0.2, -0.15) is 0 Å². The molecule has 0 bridgehead atoms. The van der Waals surface area contributed by atoms with E-state index < -0.39 is 0 Å². The molecule has 2 saturated heterocycles. The van der Waals surface area contributed by atoms with Crippen molar-refractivity contribution < 1.29 is 14.0 Å². The molecular weight excluding hydrogens is 277 g/mol. The Morgan fingerprint density at radius 1 is 1.05 bits per heavy atom. The van der Waals surface area contributed by atoms with Gasteiger partial charge in [0.1, 0.15) is 0 Å². The monoisotopic (exact) mass is 303 g/mol. The minimum Gasteiger partial charge on any atom is -0.399 e. The fraction of sp³-hybridized carbons (Fsp3) is 0.647. The number of morpholine rings is 1. The van der Waals surface area contributed by atoms with Gasteiger partial charge in [-0.25, -0.2) is 0 Å². The number of nitrogens with zero attached hydrogens (tertiary/aromatic N) is 1. The van der Waals surface area contributed by atoms with Gasteiger partial charge in [0, 0.05) is 18.8 Å². The Morgan fingerprint density at radius 2 is 1.64 bits per heavy atom. The van der Waals surface area contributed by atoms with Crippen LogP contribution in [-0.4, -0.2) is 44.1 Å². The first-order chi connectivity index (χ1) is 10.3. The topological polar surface area (TPSA) is 30.9 Å². The van der Waals surface area contributed by atoms with Gasteiger partial charge in [0.15, 0.2) is 0 Å². The van der Waals surface area contributed by atoms with E-state index in [9.17, 15) is 0 Å². The Bertz CT molecular complexity index is 513. The molecule has 3 rings (SSSR count). The van der Waals surface area contributed by atoms with E-state index in [0.29, 0.717) is 0 Å². The van der Waals surface area contributed by atoms with Gasteiger partial charge in [0.25, 0.3) is 0 Å². The summed E-state index contributed by atoms with van der Waals surface area (Å²) in [6.45, 7) is 13.1. The molecule has 2 aliphatic heterocycles. The van der Waals surface area contributed by atoms with E-state index in [0.717, 1.165) is 25.2 Å². The first-order valence-corrected chi connectivity index (χ1v) is 8.11. The maximum atomic E-state index is 6.10. The predicted octanol–water partition coefficient (Wildman–Crippen LogP) is 2.21. The summed E-state index contributed by atoms with van der Waals surface area (Å²) in [5, 5.41) is 0. The van der Waals surface area contributed by atoms with E-state index in [2.05, 4.69) is 63.8 Å². The molecule has 5 heteroatoms. The summed E-state index contributed by atoms with van der Waals surface area (Å²) in [7, 11) is -0.289. The highest BCUT2D eigenvalue weighted by Crippen LogP contribution is 2.36. The fourth-order valence-corrected chi connectivity index (χ4v) is 2.87. The van der Waals surface area contributed by atoms with E-state index in [4.69, 9.17) is 14.0 Å². The number of hydrogen-bond acceptors (Lipinski definition) is 4. The highest BCUT2D eigenvalue weighted by Gasteiger charge is 2.51. The Hall–Kier alpha value is -1.04. The Labute approximate surface area is 133 Å². The van der Waals surface area contributed by atoms with Crippen LogP contribution in [0.3, 0.4) is 0 Å². The SMILES string of the molecule is C[C@H]1CN(c2ccc(B3OC(C)(C)C(C)(C)O3)cc2)CCO1. The number of anilines is 1. The van der Waals surface area contributed by atoms with Crippen molar-refractivity contribution in [2.24, 2.45) is 0 Å². The molecule has 0 aromatic heterocycles.